The molecule has 0 bridgehead atoms. The molecule has 1 fully saturated rings. The molecule has 0 spiro atoms. The average molecular weight is 223 g/mol. The summed E-state index contributed by atoms with van der Waals surface area (Å²) in [7, 11) is 0. The van der Waals surface area contributed by atoms with Crippen molar-refractivity contribution in [2.24, 2.45) is 5.92 Å². The van der Waals surface area contributed by atoms with Gasteiger partial charge in [-0.25, -0.2) is 0 Å². The molecule has 82 valence electrons. The largest absolute Gasteiger partial charge is 0.316 e. The van der Waals surface area contributed by atoms with Crippen molar-refractivity contribution in [3.63, 3.8) is 0 Å². The van der Waals surface area contributed by atoms with E-state index in [0.29, 0.717) is 12.2 Å². The molecular weight excluding hydrogens is 206 g/mol. The molecule has 15 heavy (non-hydrogen) atoms. The Labute approximate surface area is 94.7 Å². The molecule has 0 aromatic carbocycles. The Kier molecular flexibility index (Phi) is 3.92. The third-order valence-corrected chi connectivity index (χ3v) is 3.72. The van der Waals surface area contributed by atoms with Gasteiger partial charge in [0, 0.05) is 18.9 Å². The Morgan fingerprint density at radius 3 is 3.20 bits per heavy atom. The highest BCUT2D eigenvalue weighted by atomic mass is 32.1. The predicted octanol–water partition coefficient (Wildman–Crippen LogP) is 2.25. The second kappa shape index (κ2) is 5.42. The lowest BCUT2D eigenvalue weighted by Gasteiger charge is -2.21. The van der Waals surface area contributed by atoms with Crippen LogP contribution in [0.5, 0.6) is 0 Å². The first-order valence-electron chi connectivity index (χ1n) is 5.61. The maximum absolute atomic E-state index is 11.9. The highest BCUT2D eigenvalue weighted by Crippen LogP contribution is 2.15. The summed E-state index contributed by atoms with van der Waals surface area (Å²) in [6.45, 7) is 1.97. The van der Waals surface area contributed by atoms with Crippen molar-refractivity contribution in [2.45, 2.75) is 25.7 Å². The van der Waals surface area contributed by atoms with Gasteiger partial charge in [-0.1, -0.05) is 0 Å². The Morgan fingerprint density at radius 2 is 2.53 bits per heavy atom. The molecular formula is C12H17NOS. The molecule has 1 aliphatic rings. The van der Waals surface area contributed by atoms with Crippen LogP contribution in [0.15, 0.2) is 16.8 Å². The van der Waals surface area contributed by atoms with E-state index in [0.717, 1.165) is 32.4 Å². The van der Waals surface area contributed by atoms with Gasteiger partial charge >= 0.3 is 0 Å². The van der Waals surface area contributed by atoms with Gasteiger partial charge in [0.2, 0.25) is 0 Å². The van der Waals surface area contributed by atoms with Gasteiger partial charge in [-0.2, -0.15) is 11.3 Å². The lowest BCUT2D eigenvalue weighted by Crippen LogP contribution is -2.34. The monoisotopic (exact) mass is 223 g/mol. The number of hydrogen-bond donors (Lipinski definition) is 1. The van der Waals surface area contributed by atoms with Gasteiger partial charge < -0.3 is 5.32 Å². The van der Waals surface area contributed by atoms with Gasteiger partial charge in [0.15, 0.2) is 0 Å². The van der Waals surface area contributed by atoms with E-state index in [2.05, 4.69) is 22.1 Å². The lowest BCUT2D eigenvalue weighted by atomic mass is 9.92. The number of aryl methyl sites for hydroxylation is 1. The molecule has 1 unspecified atom stereocenters. The first-order chi connectivity index (χ1) is 7.36. The Balaban J connectivity index is 1.76. The number of thiophene rings is 1. The fourth-order valence-corrected chi connectivity index (χ4v) is 2.74. The molecule has 3 heteroatoms. The van der Waals surface area contributed by atoms with Crippen LogP contribution in [-0.2, 0) is 11.2 Å². The van der Waals surface area contributed by atoms with Crippen molar-refractivity contribution < 1.29 is 4.79 Å². The van der Waals surface area contributed by atoms with Gasteiger partial charge in [-0.05, 0) is 48.2 Å². The smallest absolute Gasteiger partial charge is 0.137 e. The number of ketones is 1. The molecule has 2 nitrogen and oxygen atoms in total. The zero-order chi connectivity index (χ0) is 10.5. The molecule has 1 saturated heterocycles. The van der Waals surface area contributed by atoms with Crippen molar-refractivity contribution >= 4 is 17.1 Å². The van der Waals surface area contributed by atoms with E-state index in [4.69, 9.17) is 0 Å². The molecule has 2 rings (SSSR count). The molecule has 0 aliphatic carbocycles. The predicted molar refractivity (Wildman–Crippen MR) is 63.2 cm³/mol. The summed E-state index contributed by atoms with van der Waals surface area (Å²) in [5.41, 5.74) is 1.30. The van der Waals surface area contributed by atoms with Gasteiger partial charge in [0.25, 0.3) is 0 Å². The molecule has 0 saturated carbocycles. The van der Waals surface area contributed by atoms with Gasteiger partial charge in [0.05, 0.1) is 0 Å². The van der Waals surface area contributed by atoms with Crippen LogP contribution >= 0.6 is 11.3 Å². The van der Waals surface area contributed by atoms with E-state index < -0.39 is 0 Å². The topological polar surface area (TPSA) is 29.1 Å². The van der Waals surface area contributed by atoms with E-state index in [1.807, 2.05) is 0 Å². The Morgan fingerprint density at radius 1 is 1.60 bits per heavy atom. The fraction of sp³-hybridized carbons (Fsp3) is 0.583. The van der Waals surface area contributed by atoms with E-state index in [1.54, 1.807) is 11.3 Å². The molecule has 1 atom stereocenters. The van der Waals surface area contributed by atoms with E-state index >= 15 is 0 Å². The normalized spacial score (nSPS) is 21.5. The van der Waals surface area contributed by atoms with Crippen molar-refractivity contribution in [1.29, 1.82) is 0 Å². The number of piperidine rings is 1. The highest BCUT2D eigenvalue weighted by molar-refractivity contribution is 7.07. The molecule has 0 amide bonds. The molecule has 1 aromatic rings. The third kappa shape index (κ3) is 3.14. The second-order valence-electron chi connectivity index (χ2n) is 4.14. The summed E-state index contributed by atoms with van der Waals surface area (Å²) < 4.78 is 0. The van der Waals surface area contributed by atoms with Gasteiger partial charge in [0.1, 0.15) is 5.78 Å². The summed E-state index contributed by atoms with van der Waals surface area (Å²) in [5, 5.41) is 7.49. The van der Waals surface area contributed by atoms with Crippen LogP contribution < -0.4 is 5.32 Å². The maximum Gasteiger partial charge on any atom is 0.137 e. The molecule has 1 aliphatic heterocycles. The summed E-state index contributed by atoms with van der Waals surface area (Å²) >= 11 is 1.70. The highest BCUT2D eigenvalue weighted by Gasteiger charge is 2.20. The minimum absolute atomic E-state index is 0.275. The SMILES string of the molecule is O=C(CCc1ccsc1)C1CCCNC1. The number of Topliss-reactive ketones (excluding diaryl/α,β-unsaturated/α-hetero) is 1. The van der Waals surface area contributed by atoms with Crippen molar-refractivity contribution in [3.05, 3.63) is 22.4 Å². The van der Waals surface area contributed by atoms with Crippen LogP contribution in [0.1, 0.15) is 24.8 Å². The van der Waals surface area contributed by atoms with E-state index in [1.165, 1.54) is 5.56 Å². The van der Waals surface area contributed by atoms with Crippen LogP contribution in [0.3, 0.4) is 0 Å². The van der Waals surface area contributed by atoms with Crippen LogP contribution in [0, 0.1) is 5.92 Å². The van der Waals surface area contributed by atoms with E-state index in [-0.39, 0.29) is 5.92 Å². The van der Waals surface area contributed by atoms with Crippen LogP contribution in [0.25, 0.3) is 0 Å². The standard InChI is InChI=1S/C12H17NOS/c14-12(11-2-1-6-13-8-11)4-3-10-5-7-15-9-10/h5,7,9,11,13H,1-4,6,8H2. The Hall–Kier alpha value is -0.670. The van der Waals surface area contributed by atoms with Gasteiger partial charge in [-0.3, -0.25) is 4.79 Å². The zero-order valence-corrected chi connectivity index (χ0v) is 9.69. The maximum atomic E-state index is 11.9. The first kappa shape index (κ1) is 10.8. The summed E-state index contributed by atoms with van der Waals surface area (Å²) in [6.07, 6.45) is 3.85. The number of hydrogen-bond acceptors (Lipinski definition) is 3. The quantitative estimate of drug-likeness (QED) is 0.848. The van der Waals surface area contributed by atoms with Crippen LogP contribution in [-0.4, -0.2) is 18.9 Å². The molecule has 0 radical (unpaired) electrons. The lowest BCUT2D eigenvalue weighted by molar-refractivity contribution is -0.123. The van der Waals surface area contributed by atoms with Crippen molar-refractivity contribution in [1.82, 2.24) is 5.32 Å². The molecule has 1 aromatic heterocycles. The summed E-state index contributed by atoms with van der Waals surface area (Å²) in [4.78, 5) is 11.9. The third-order valence-electron chi connectivity index (χ3n) is 2.99. The minimum atomic E-state index is 0.275. The zero-order valence-electron chi connectivity index (χ0n) is 8.87. The van der Waals surface area contributed by atoms with E-state index in [9.17, 15) is 4.79 Å². The average Bonchev–Trinajstić information content (AvgIpc) is 2.80. The van der Waals surface area contributed by atoms with Crippen LogP contribution in [0.4, 0.5) is 0 Å². The number of nitrogens with one attached hydrogen (secondary N) is 1. The number of rotatable bonds is 4. The summed E-state index contributed by atoms with van der Waals surface area (Å²) in [6, 6.07) is 2.11. The fourth-order valence-electron chi connectivity index (χ4n) is 2.03. The first-order valence-corrected chi connectivity index (χ1v) is 6.55. The minimum Gasteiger partial charge on any atom is -0.316 e. The molecule has 2 heterocycles. The summed E-state index contributed by atoms with van der Waals surface area (Å²) in [5.74, 6) is 0.714. The molecule has 1 N–H and O–H groups in total. The second-order valence-corrected chi connectivity index (χ2v) is 4.92. The van der Waals surface area contributed by atoms with Gasteiger partial charge in [-0.15, -0.1) is 0 Å². The van der Waals surface area contributed by atoms with Crippen molar-refractivity contribution in [3.8, 4) is 0 Å². The van der Waals surface area contributed by atoms with Crippen LogP contribution in [0.2, 0.25) is 0 Å². The number of carbonyl (C=O) groups is 1. The number of carbonyl (C=O) groups excluding carboxylic acids is 1. The Bertz CT molecular complexity index is 301. The van der Waals surface area contributed by atoms with Crippen molar-refractivity contribution in [2.75, 3.05) is 13.1 Å².